The van der Waals surface area contributed by atoms with Crippen molar-refractivity contribution in [2.24, 2.45) is 0 Å². The monoisotopic (exact) mass is 220 g/mol. The topological polar surface area (TPSA) is 41.1 Å². The zero-order chi connectivity index (χ0) is 11.0. The van der Waals surface area contributed by atoms with Gasteiger partial charge in [0.2, 0.25) is 0 Å². The molecule has 88 valence electrons. The Hall–Kier alpha value is -0.990. The Morgan fingerprint density at radius 1 is 0.938 bits per heavy atom. The number of carbonyl (C=O) groups excluding carboxylic acids is 1. The third-order valence-corrected chi connectivity index (χ3v) is 4.37. The summed E-state index contributed by atoms with van der Waals surface area (Å²) >= 11 is 0. The van der Waals surface area contributed by atoms with Crippen LogP contribution in [0.5, 0.6) is 0 Å². The van der Waals surface area contributed by atoms with E-state index in [1.807, 2.05) is 0 Å². The van der Waals surface area contributed by atoms with Gasteiger partial charge in [0.15, 0.2) is 0 Å². The largest absolute Gasteiger partial charge is 0.329 e. The summed E-state index contributed by atoms with van der Waals surface area (Å²) in [4.78, 5) is 11.7. The van der Waals surface area contributed by atoms with E-state index in [0.29, 0.717) is 0 Å². The molecule has 2 N–H and O–H groups in total. The second-order valence-corrected chi connectivity index (χ2v) is 5.39. The maximum atomic E-state index is 11.7. The van der Waals surface area contributed by atoms with Gasteiger partial charge in [-0.1, -0.05) is 19.3 Å². The van der Waals surface area contributed by atoms with E-state index >= 15 is 0 Å². The molecule has 2 aliphatic carbocycles. The van der Waals surface area contributed by atoms with Crippen LogP contribution in [0.4, 0.5) is 4.79 Å². The molecule has 0 aromatic heterocycles. The molecule has 0 radical (unpaired) electrons. The molecule has 0 unspecified atom stereocenters. The van der Waals surface area contributed by atoms with Crippen molar-refractivity contribution in [3.8, 4) is 0 Å². The minimum absolute atomic E-state index is 0.0301. The summed E-state index contributed by atoms with van der Waals surface area (Å²) in [5.74, 6) is 0. The molecule has 3 aliphatic rings. The lowest BCUT2D eigenvalue weighted by Gasteiger charge is -2.45. The fourth-order valence-corrected chi connectivity index (χ4v) is 3.61. The summed E-state index contributed by atoms with van der Waals surface area (Å²) in [5, 5.41) is 6.24. The van der Waals surface area contributed by atoms with Gasteiger partial charge in [-0.15, -0.1) is 0 Å². The van der Waals surface area contributed by atoms with Crippen molar-refractivity contribution in [2.75, 3.05) is 0 Å². The first-order valence-corrected chi connectivity index (χ1v) is 6.62. The minimum Gasteiger partial charge on any atom is -0.329 e. The van der Waals surface area contributed by atoms with Crippen molar-refractivity contribution in [1.29, 1.82) is 0 Å². The van der Waals surface area contributed by atoms with E-state index in [1.54, 1.807) is 0 Å². The predicted molar refractivity (Wildman–Crippen MR) is 63.0 cm³/mol. The van der Waals surface area contributed by atoms with Gasteiger partial charge in [0.25, 0.3) is 0 Å². The van der Waals surface area contributed by atoms with E-state index < -0.39 is 0 Å². The molecule has 1 heterocycles. The number of rotatable bonds is 0. The normalized spacial score (nSPS) is 28.4. The molecule has 1 spiro atoms. The Balaban J connectivity index is 1.98. The third-order valence-electron chi connectivity index (χ3n) is 4.37. The highest BCUT2D eigenvalue weighted by molar-refractivity contribution is 5.79. The molecule has 1 saturated carbocycles. The molecule has 0 aromatic rings. The van der Waals surface area contributed by atoms with Crippen LogP contribution in [0.15, 0.2) is 11.3 Å². The number of carbonyl (C=O) groups is 1. The van der Waals surface area contributed by atoms with Gasteiger partial charge in [-0.2, -0.15) is 0 Å². The van der Waals surface area contributed by atoms with Crippen molar-refractivity contribution >= 4 is 6.03 Å². The number of allylic oxidation sites excluding steroid dienone is 1. The molecular formula is C13H20N2O. The Bertz CT molecular complexity index is 340. The first-order chi connectivity index (χ1) is 7.80. The van der Waals surface area contributed by atoms with Crippen molar-refractivity contribution in [3.05, 3.63) is 11.3 Å². The summed E-state index contributed by atoms with van der Waals surface area (Å²) in [6.07, 6.45) is 10.9. The molecule has 1 fully saturated rings. The van der Waals surface area contributed by atoms with Gasteiger partial charge in [-0.05, 0) is 44.1 Å². The molecule has 0 bridgehead atoms. The van der Waals surface area contributed by atoms with Crippen LogP contribution in [0.25, 0.3) is 0 Å². The summed E-state index contributed by atoms with van der Waals surface area (Å²) in [7, 11) is 0. The average molecular weight is 220 g/mol. The molecule has 2 amide bonds. The fraction of sp³-hybridized carbons (Fsp3) is 0.769. The van der Waals surface area contributed by atoms with Crippen molar-refractivity contribution in [1.82, 2.24) is 10.6 Å². The number of hydrogen-bond acceptors (Lipinski definition) is 1. The fourth-order valence-electron chi connectivity index (χ4n) is 3.61. The SMILES string of the molecule is O=C1NC2=C(CCCC2)C2(CCCCC2)N1. The standard InChI is InChI=1S/C13H20N2O/c16-12-14-11-7-3-2-6-10(11)13(15-12)8-4-1-5-9-13/h1-9H2,(H2,14,15,16). The maximum Gasteiger partial charge on any atom is 0.319 e. The van der Waals surface area contributed by atoms with Crippen molar-refractivity contribution in [3.63, 3.8) is 0 Å². The van der Waals surface area contributed by atoms with Gasteiger partial charge in [0.1, 0.15) is 0 Å². The van der Waals surface area contributed by atoms with E-state index in [9.17, 15) is 4.79 Å². The molecule has 16 heavy (non-hydrogen) atoms. The van der Waals surface area contributed by atoms with Gasteiger partial charge in [-0.3, -0.25) is 0 Å². The van der Waals surface area contributed by atoms with Gasteiger partial charge >= 0.3 is 6.03 Å². The lowest BCUT2D eigenvalue weighted by atomic mass is 9.71. The van der Waals surface area contributed by atoms with E-state index in [4.69, 9.17) is 0 Å². The Kier molecular flexibility index (Phi) is 2.41. The first kappa shape index (κ1) is 10.2. The summed E-state index contributed by atoms with van der Waals surface area (Å²) in [5.41, 5.74) is 2.81. The van der Waals surface area contributed by atoms with Crippen LogP contribution in [0.3, 0.4) is 0 Å². The summed E-state index contributed by atoms with van der Waals surface area (Å²) < 4.78 is 0. The van der Waals surface area contributed by atoms with Crippen LogP contribution in [0.1, 0.15) is 57.8 Å². The van der Waals surface area contributed by atoms with Crippen LogP contribution in [0.2, 0.25) is 0 Å². The van der Waals surface area contributed by atoms with Gasteiger partial charge in [0, 0.05) is 5.70 Å². The maximum absolute atomic E-state index is 11.7. The Morgan fingerprint density at radius 3 is 2.50 bits per heavy atom. The molecule has 3 rings (SSSR count). The highest BCUT2D eigenvalue weighted by Crippen LogP contribution is 2.41. The lowest BCUT2D eigenvalue weighted by Crippen LogP contribution is -2.59. The molecule has 0 atom stereocenters. The second-order valence-electron chi connectivity index (χ2n) is 5.39. The smallest absolute Gasteiger partial charge is 0.319 e. The number of fused-ring (bicyclic) bond motifs is 1. The van der Waals surface area contributed by atoms with Crippen LogP contribution in [-0.2, 0) is 0 Å². The molecular weight excluding hydrogens is 200 g/mol. The van der Waals surface area contributed by atoms with Gasteiger partial charge in [0.05, 0.1) is 5.54 Å². The van der Waals surface area contributed by atoms with E-state index in [1.165, 1.54) is 49.8 Å². The van der Waals surface area contributed by atoms with E-state index in [0.717, 1.165) is 19.3 Å². The molecule has 1 aliphatic heterocycles. The molecule has 0 saturated heterocycles. The Morgan fingerprint density at radius 2 is 1.69 bits per heavy atom. The van der Waals surface area contributed by atoms with Crippen molar-refractivity contribution in [2.45, 2.75) is 63.3 Å². The number of amides is 2. The molecule has 0 aromatic carbocycles. The van der Waals surface area contributed by atoms with Gasteiger partial charge in [-0.25, -0.2) is 4.79 Å². The van der Waals surface area contributed by atoms with E-state index in [-0.39, 0.29) is 11.6 Å². The quantitative estimate of drug-likeness (QED) is 0.647. The van der Waals surface area contributed by atoms with E-state index in [2.05, 4.69) is 10.6 Å². The highest BCUT2D eigenvalue weighted by Gasteiger charge is 2.42. The van der Waals surface area contributed by atoms with Crippen LogP contribution in [-0.4, -0.2) is 11.6 Å². The molecule has 3 nitrogen and oxygen atoms in total. The van der Waals surface area contributed by atoms with Crippen molar-refractivity contribution < 1.29 is 4.79 Å². The average Bonchev–Trinajstić information content (AvgIpc) is 2.30. The zero-order valence-electron chi connectivity index (χ0n) is 9.77. The minimum atomic E-state index is 0.0301. The molecule has 3 heteroatoms. The van der Waals surface area contributed by atoms with Gasteiger partial charge < -0.3 is 10.6 Å². The summed E-state index contributed by atoms with van der Waals surface area (Å²) in [6, 6.07) is 0.0301. The third kappa shape index (κ3) is 1.53. The zero-order valence-corrected chi connectivity index (χ0v) is 9.77. The first-order valence-electron chi connectivity index (χ1n) is 6.62. The van der Waals surface area contributed by atoms with Crippen LogP contribution in [0, 0.1) is 0 Å². The summed E-state index contributed by atoms with van der Waals surface area (Å²) in [6.45, 7) is 0. The van der Waals surface area contributed by atoms with Crippen LogP contribution >= 0.6 is 0 Å². The second kappa shape index (κ2) is 3.79. The highest BCUT2D eigenvalue weighted by atomic mass is 16.2. The number of nitrogens with one attached hydrogen (secondary N) is 2. The Labute approximate surface area is 96.7 Å². The lowest BCUT2D eigenvalue weighted by molar-refractivity contribution is 0.206. The number of urea groups is 1. The predicted octanol–water partition coefficient (Wildman–Crippen LogP) is 2.83. The number of hydrogen-bond donors (Lipinski definition) is 2. The van der Waals surface area contributed by atoms with Crippen LogP contribution < -0.4 is 10.6 Å².